The van der Waals surface area contributed by atoms with E-state index in [0.29, 0.717) is 0 Å². The summed E-state index contributed by atoms with van der Waals surface area (Å²) in [5.74, 6) is 0. The van der Waals surface area contributed by atoms with E-state index in [9.17, 15) is 5.11 Å². The molecule has 1 rings (SSSR count). The van der Waals surface area contributed by atoms with E-state index >= 15 is 0 Å². The summed E-state index contributed by atoms with van der Waals surface area (Å²) < 4.78 is 0. The van der Waals surface area contributed by atoms with Gasteiger partial charge in [0, 0.05) is 6.04 Å². The van der Waals surface area contributed by atoms with Gasteiger partial charge in [-0.3, -0.25) is 0 Å². The number of nitriles is 1. The lowest BCUT2D eigenvalue weighted by Crippen LogP contribution is -2.34. The Labute approximate surface area is 60.7 Å². The van der Waals surface area contributed by atoms with E-state index in [1.807, 2.05) is 6.07 Å². The number of hydrogen-bond donors (Lipinski definition) is 2. The maximum Gasteiger partial charge on any atom is 0.0822 e. The number of hydrogen-bond acceptors (Lipinski definition) is 3. The van der Waals surface area contributed by atoms with Crippen molar-refractivity contribution in [3.63, 3.8) is 0 Å². The van der Waals surface area contributed by atoms with Gasteiger partial charge in [0.1, 0.15) is 0 Å². The predicted molar refractivity (Wildman–Crippen MR) is 37.3 cm³/mol. The fraction of sp³-hybridized carbons (Fsp3) is 0.857. The maximum atomic E-state index is 9.26. The van der Waals surface area contributed by atoms with E-state index in [1.54, 1.807) is 0 Å². The minimum atomic E-state index is -0.465. The third kappa shape index (κ3) is 1.69. The van der Waals surface area contributed by atoms with Gasteiger partial charge in [-0.05, 0) is 19.4 Å². The molecule has 0 aromatic rings. The highest BCUT2D eigenvalue weighted by atomic mass is 16.3. The van der Waals surface area contributed by atoms with Gasteiger partial charge in [0.05, 0.1) is 18.6 Å². The van der Waals surface area contributed by atoms with Gasteiger partial charge < -0.3 is 10.4 Å². The second-order valence-corrected chi connectivity index (χ2v) is 2.63. The molecule has 2 atom stereocenters. The van der Waals surface area contributed by atoms with E-state index in [4.69, 9.17) is 5.26 Å². The molecule has 0 amide bonds. The zero-order valence-corrected chi connectivity index (χ0v) is 5.88. The number of rotatable bonds is 2. The molecule has 1 fully saturated rings. The molecule has 0 aliphatic carbocycles. The molecule has 0 radical (unpaired) electrons. The summed E-state index contributed by atoms with van der Waals surface area (Å²) in [7, 11) is 0. The molecule has 3 heteroatoms. The normalized spacial score (nSPS) is 27.8. The Morgan fingerprint density at radius 1 is 1.80 bits per heavy atom. The first-order valence-corrected chi connectivity index (χ1v) is 3.63. The standard InChI is InChI=1S/C7H12N2O/c8-4-3-7(10)6-2-1-5-9-6/h6-7,9-10H,1-3,5H2/t6-,7?/m0/s1. The lowest BCUT2D eigenvalue weighted by Gasteiger charge is -2.14. The molecule has 0 saturated carbocycles. The van der Waals surface area contributed by atoms with Crippen molar-refractivity contribution < 1.29 is 5.11 Å². The summed E-state index contributed by atoms with van der Waals surface area (Å²) in [4.78, 5) is 0. The highest BCUT2D eigenvalue weighted by Gasteiger charge is 2.21. The van der Waals surface area contributed by atoms with Gasteiger partial charge >= 0.3 is 0 Å². The third-order valence-corrected chi connectivity index (χ3v) is 1.86. The van der Waals surface area contributed by atoms with Crippen LogP contribution in [-0.4, -0.2) is 23.8 Å². The molecule has 1 heterocycles. The van der Waals surface area contributed by atoms with Gasteiger partial charge in [0.25, 0.3) is 0 Å². The van der Waals surface area contributed by atoms with Crippen LogP contribution in [0.15, 0.2) is 0 Å². The van der Waals surface area contributed by atoms with Crippen LogP contribution in [0, 0.1) is 11.3 Å². The Balaban J connectivity index is 2.26. The lowest BCUT2D eigenvalue weighted by molar-refractivity contribution is 0.140. The Hall–Kier alpha value is -0.590. The van der Waals surface area contributed by atoms with Gasteiger partial charge in [-0.1, -0.05) is 0 Å². The van der Waals surface area contributed by atoms with Crippen LogP contribution in [0.5, 0.6) is 0 Å². The largest absolute Gasteiger partial charge is 0.390 e. The summed E-state index contributed by atoms with van der Waals surface area (Å²) in [6.45, 7) is 0.979. The van der Waals surface area contributed by atoms with E-state index in [2.05, 4.69) is 5.32 Å². The fourth-order valence-corrected chi connectivity index (χ4v) is 1.28. The lowest BCUT2D eigenvalue weighted by atomic mass is 10.1. The summed E-state index contributed by atoms with van der Waals surface area (Å²) >= 11 is 0. The second-order valence-electron chi connectivity index (χ2n) is 2.63. The molecule has 1 aliphatic rings. The predicted octanol–water partition coefficient (Wildman–Crippen LogP) is 0.0130. The second kappa shape index (κ2) is 3.55. The minimum absolute atomic E-state index is 0.166. The zero-order valence-electron chi connectivity index (χ0n) is 5.88. The van der Waals surface area contributed by atoms with Crippen LogP contribution in [0.3, 0.4) is 0 Å². The Kier molecular flexibility index (Phi) is 2.67. The molecule has 0 spiro atoms. The van der Waals surface area contributed by atoms with Crippen LogP contribution in [0.2, 0.25) is 0 Å². The summed E-state index contributed by atoms with van der Waals surface area (Å²) in [6.07, 6.45) is 1.90. The fourth-order valence-electron chi connectivity index (χ4n) is 1.28. The van der Waals surface area contributed by atoms with E-state index < -0.39 is 6.10 Å². The van der Waals surface area contributed by atoms with Crippen LogP contribution in [-0.2, 0) is 0 Å². The van der Waals surface area contributed by atoms with Crippen LogP contribution in [0.25, 0.3) is 0 Å². The molecule has 1 saturated heterocycles. The van der Waals surface area contributed by atoms with E-state index in [1.165, 1.54) is 0 Å². The highest BCUT2D eigenvalue weighted by molar-refractivity contribution is 4.87. The van der Waals surface area contributed by atoms with Gasteiger partial charge in [-0.15, -0.1) is 0 Å². The monoisotopic (exact) mass is 140 g/mol. The van der Waals surface area contributed by atoms with Crippen molar-refractivity contribution in [3.05, 3.63) is 0 Å². The molecule has 10 heavy (non-hydrogen) atoms. The van der Waals surface area contributed by atoms with Crippen molar-refractivity contribution >= 4 is 0 Å². The maximum absolute atomic E-state index is 9.26. The van der Waals surface area contributed by atoms with Gasteiger partial charge in [0.15, 0.2) is 0 Å². The number of nitrogens with one attached hydrogen (secondary N) is 1. The smallest absolute Gasteiger partial charge is 0.0822 e. The Bertz CT molecular complexity index is 135. The first-order valence-electron chi connectivity index (χ1n) is 3.63. The molecular formula is C7H12N2O. The molecule has 2 N–H and O–H groups in total. The Morgan fingerprint density at radius 2 is 2.60 bits per heavy atom. The number of aliphatic hydroxyl groups is 1. The first-order chi connectivity index (χ1) is 4.84. The summed E-state index contributed by atoms with van der Waals surface area (Å²) in [5.41, 5.74) is 0. The Morgan fingerprint density at radius 3 is 3.10 bits per heavy atom. The average molecular weight is 140 g/mol. The minimum Gasteiger partial charge on any atom is -0.390 e. The van der Waals surface area contributed by atoms with Crippen LogP contribution < -0.4 is 5.32 Å². The van der Waals surface area contributed by atoms with Gasteiger partial charge in [0.2, 0.25) is 0 Å². The average Bonchev–Trinajstić information content (AvgIpc) is 2.38. The molecule has 0 aromatic heterocycles. The van der Waals surface area contributed by atoms with Crippen LogP contribution in [0.1, 0.15) is 19.3 Å². The summed E-state index contributed by atoms with van der Waals surface area (Å²) in [6, 6.07) is 2.12. The van der Waals surface area contributed by atoms with E-state index in [0.717, 1.165) is 19.4 Å². The van der Waals surface area contributed by atoms with Gasteiger partial charge in [-0.25, -0.2) is 0 Å². The summed E-state index contributed by atoms with van der Waals surface area (Å²) in [5, 5.41) is 20.7. The van der Waals surface area contributed by atoms with Gasteiger partial charge in [-0.2, -0.15) is 5.26 Å². The highest BCUT2D eigenvalue weighted by Crippen LogP contribution is 2.10. The van der Waals surface area contributed by atoms with Crippen molar-refractivity contribution in [1.82, 2.24) is 5.32 Å². The number of nitrogens with zero attached hydrogens (tertiary/aromatic N) is 1. The zero-order chi connectivity index (χ0) is 7.40. The first kappa shape index (κ1) is 7.52. The molecule has 0 aromatic carbocycles. The molecule has 56 valence electrons. The molecule has 1 unspecified atom stereocenters. The van der Waals surface area contributed by atoms with Crippen molar-refractivity contribution in [2.24, 2.45) is 0 Å². The van der Waals surface area contributed by atoms with Crippen LogP contribution >= 0.6 is 0 Å². The van der Waals surface area contributed by atoms with Crippen molar-refractivity contribution in [2.45, 2.75) is 31.4 Å². The molecule has 0 bridgehead atoms. The van der Waals surface area contributed by atoms with Crippen LogP contribution in [0.4, 0.5) is 0 Å². The number of aliphatic hydroxyl groups excluding tert-OH is 1. The van der Waals surface area contributed by atoms with Crippen molar-refractivity contribution in [2.75, 3.05) is 6.54 Å². The van der Waals surface area contributed by atoms with Crippen molar-refractivity contribution in [1.29, 1.82) is 5.26 Å². The van der Waals surface area contributed by atoms with E-state index in [-0.39, 0.29) is 12.5 Å². The molecule has 1 aliphatic heterocycles. The SMILES string of the molecule is N#CCC(O)[C@@H]1CCCN1. The van der Waals surface area contributed by atoms with Crippen molar-refractivity contribution in [3.8, 4) is 6.07 Å². The molecular weight excluding hydrogens is 128 g/mol. The quantitative estimate of drug-likeness (QED) is 0.568. The third-order valence-electron chi connectivity index (χ3n) is 1.86. The topological polar surface area (TPSA) is 56.0 Å². The molecule has 3 nitrogen and oxygen atoms in total.